The molecule has 2 rings (SSSR count). The van der Waals surface area contributed by atoms with E-state index in [1.165, 1.54) is 12.1 Å². The Morgan fingerprint density at radius 3 is 2.06 bits per heavy atom. The molecule has 0 unspecified atom stereocenters. The number of benzene rings is 2. The molecule has 0 saturated heterocycles. The molecule has 0 aliphatic carbocycles. The molecule has 0 aromatic heterocycles. The molecule has 0 spiro atoms. The largest absolute Gasteiger partial charge is 0.456 e. The highest BCUT2D eigenvalue weighted by molar-refractivity contribution is 5.93. The minimum Gasteiger partial charge on any atom is -0.456 e. The first-order valence-electron chi connectivity index (χ1n) is 8.25. The van der Waals surface area contributed by atoms with Crippen LogP contribution in [-0.4, -0.2) is 42.7 Å². The zero-order chi connectivity index (χ0) is 23.4. The summed E-state index contributed by atoms with van der Waals surface area (Å²) in [5.74, 6) is -21.6. The molecule has 31 heavy (non-hydrogen) atoms. The smallest absolute Gasteiger partial charge is 0.381 e. The van der Waals surface area contributed by atoms with E-state index in [4.69, 9.17) is 4.74 Å². The van der Waals surface area contributed by atoms with Crippen LogP contribution in [0, 0.1) is 0 Å². The highest BCUT2D eigenvalue weighted by Crippen LogP contribution is 2.48. The number of rotatable bonds is 8. The van der Waals surface area contributed by atoms with Crippen LogP contribution >= 0.6 is 0 Å². The van der Waals surface area contributed by atoms with Crippen LogP contribution in [0.3, 0.4) is 0 Å². The van der Waals surface area contributed by atoms with Crippen molar-refractivity contribution in [3.05, 3.63) is 54.6 Å². The predicted molar refractivity (Wildman–Crippen MR) is 90.5 cm³/mol. The molecule has 0 saturated carbocycles. The summed E-state index contributed by atoms with van der Waals surface area (Å²) in [6.45, 7) is -2.63. The van der Waals surface area contributed by atoms with Gasteiger partial charge in [-0.15, -0.1) is 0 Å². The minimum absolute atomic E-state index is 0.0575. The number of esters is 2. The number of carbonyl (C=O) groups excluding carboxylic acids is 2. The van der Waals surface area contributed by atoms with Crippen molar-refractivity contribution in [2.24, 2.45) is 0 Å². The Labute approximate surface area is 169 Å². The molecule has 168 valence electrons. The van der Waals surface area contributed by atoms with E-state index in [2.05, 4.69) is 4.74 Å². The van der Waals surface area contributed by atoms with Crippen LogP contribution in [-0.2, 0) is 14.3 Å². The summed E-state index contributed by atoms with van der Waals surface area (Å²) in [5, 5.41) is 1.54. The van der Waals surface area contributed by atoms with Crippen LogP contribution in [0.4, 0.5) is 35.1 Å². The monoisotopic (exact) mass is 456 g/mol. The Bertz CT molecular complexity index is 988. The number of ether oxygens (including phenoxy) is 2. The summed E-state index contributed by atoms with van der Waals surface area (Å²) >= 11 is 0. The van der Waals surface area contributed by atoms with Gasteiger partial charge in [0, 0.05) is 12.2 Å². The molecule has 0 fully saturated rings. The number of halogens is 8. The van der Waals surface area contributed by atoms with Crippen molar-refractivity contribution in [3.63, 3.8) is 0 Å². The van der Waals surface area contributed by atoms with Crippen molar-refractivity contribution in [2.75, 3.05) is 6.61 Å². The van der Waals surface area contributed by atoms with E-state index in [0.29, 0.717) is 11.5 Å². The molecule has 0 aliphatic heterocycles. The van der Waals surface area contributed by atoms with Gasteiger partial charge >= 0.3 is 36.1 Å². The third-order valence-electron chi connectivity index (χ3n) is 3.84. The van der Waals surface area contributed by atoms with E-state index in [1.54, 1.807) is 30.3 Å². The Balaban J connectivity index is 1.95. The summed E-state index contributed by atoms with van der Waals surface area (Å²) in [6, 6.07) is 11.5. The van der Waals surface area contributed by atoms with Crippen LogP contribution < -0.4 is 4.74 Å². The lowest BCUT2D eigenvalue weighted by Crippen LogP contribution is -2.59. The number of alkyl halides is 8. The summed E-state index contributed by atoms with van der Waals surface area (Å²) < 4.78 is 111. The van der Waals surface area contributed by atoms with E-state index < -0.39 is 42.7 Å². The molecule has 0 heterocycles. The number of fused-ring (bicyclic) bond motifs is 1. The van der Waals surface area contributed by atoms with Gasteiger partial charge < -0.3 is 9.47 Å². The molecule has 0 bridgehead atoms. The van der Waals surface area contributed by atoms with Crippen molar-refractivity contribution < 1.29 is 54.2 Å². The fourth-order valence-electron chi connectivity index (χ4n) is 2.20. The lowest BCUT2D eigenvalue weighted by atomic mass is 10.1. The van der Waals surface area contributed by atoms with Crippen molar-refractivity contribution in [3.8, 4) is 5.75 Å². The molecule has 2 aromatic rings. The maximum absolute atomic E-state index is 13.3. The van der Waals surface area contributed by atoms with Gasteiger partial charge in [0.15, 0.2) is 6.61 Å². The summed E-state index contributed by atoms with van der Waals surface area (Å²) in [5.41, 5.74) is 0. The van der Waals surface area contributed by atoms with Gasteiger partial charge in [-0.1, -0.05) is 30.3 Å². The lowest BCUT2D eigenvalue weighted by molar-refractivity contribution is -0.344. The first kappa shape index (κ1) is 24.1. The van der Waals surface area contributed by atoms with Gasteiger partial charge in [-0.2, -0.15) is 26.3 Å². The topological polar surface area (TPSA) is 52.6 Å². The molecule has 0 radical (unpaired) electrons. The zero-order valence-electron chi connectivity index (χ0n) is 15.1. The number of carbonyl (C=O) groups is 2. The van der Waals surface area contributed by atoms with E-state index in [0.717, 1.165) is 5.39 Å². The second-order valence-electron chi connectivity index (χ2n) is 6.07. The van der Waals surface area contributed by atoms with Crippen LogP contribution in [0.1, 0.15) is 0 Å². The van der Waals surface area contributed by atoms with E-state index >= 15 is 0 Å². The van der Waals surface area contributed by atoms with Crippen LogP contribution in [0.5, 0.6) is 5.75 Å². The summed E-state index contributed by atoms with van der Waals surface area (Å²) in [7, 11) is 0. The number of hydrogen-bond acceptors (Lipinski definition) is 4. The molecule has 0 amide bonds. The molecule has 0 atom stereocenters. The SMILES string of the molecule is O=C(/C=C/C(=O)Oc1ccc2ccccc2c1)OCC(F)(F)C(F)(F)C(F)(F)C(F)F. The highest BCUT2D eigenvalue weighted by atomic mass is 19.4. The molecule has 2 aromatic carbocycles. The van der Waals surface area contributed by atoms with Gasteiger partial charge in [0.1, 0.15) is 5.75 Å². The average molecular weight is 456 g/mol. The molecule has 12 heteroatoms. The Hall–Kier alpha value is -3.18. The molecule has 0 aliphatic rings. The molecule has 0 N–H and O–H groups in total. The van der Waals surface area contributed by atoms with Crippen molar-refractivity contribution in [1.82, 2.24) is 0 Å². The second-order valence-corrected chi connectivity index (χ2v) is 6.07. The Morgan fingerprint density at radius 1 is 0.871 bits per heavy atom. The van der Waals surface area contributed by atoms with Crippen molar-refractivity contribution in [2.45, 2.75) is 24.2 Å². The van der Waals surface area contributed by atoms with Crippen molar-refractivity contribution in [1.29, 1.82) is 0 Å². The minimum atomic E-state index is -6.51. The lowest BCUT2D eigenvalue weighted by Gasteiger charge is -2.31. The van der Waals surface area contributed by atoms with Crippen LogP contribution in [0.25, 0.3) is 10.8 Å². The standard InChI is InChI=1S/C19H12F8O4/c20-16(21)18(24,25)19(26,27)17(22,23)10-30-14(28)7-8-15(29)31-13-6-5-11-3-1-2-4-12(11)9-13/h1-9,16H,10H2/b8-7+. The van der Waals surface area contributed by atoms with Crippen molar-refractivity contribution >= 4 is 22.7 Å². The Kier molecular flexibility index (Phi) is 6.92. The van der Waals surface area contributed by atoms with Crippen LogP contribution in [0.2, 0.25) is 0 Å². The third kappa shape index (κ3) is 5.30. The fraction of sp³-hybridized carbons (Fsp3) is 0.263. The number of hydrogen-bond donors (Lipinski definition) is 0. The molecule has 4 nitrogen and oxygen atoms in total. The third-order valence-corrected chi connectivity index (χ3v) is 3.84. The highest BCUT2D eigenvalue weighted by Gasteiger charge is 2.75. The maximum atomic E-state index is 13.3. The normalized spacial score (nSPS) is 13.1. The first-order chi connectivity index (χ1) is 14.3. The first-order valence-corrected chi connectivity index (χ1v) is 8.25. The molecular formula is C19H12F8O4. The van der Waals surface area contributed by atoms with Crippen LogP contribution in [0.15, 0.2) is 54.6 Å². The fourth-order valence-corrected chi connectivity index (χ4v) is 2.20. The van der Waals surface area contributed by atoms with E-state index in [9.17, 15) is 44.7 Å². The second kappa shape index (κ2) is 8.90. The zero-order valence-corrected chi connectivity index (χ0v) is 15.1. The van der Waals surface area contributed by atoms with E-state index in [1.807, 2.05) is 0 Å². The van der Waals surface area contributed by atoms with Gasteiger partial charge in [-0.25, -0.2) is 18.4 Å². The van der Waals surface area contributed by atoms with Gasteiger partial charge in [0.2, 0.25) is 0 Å². The van der Waals surface area contributed by atoms with E-state index in [-0.39, 0.29) is 11.8 Å². The predicted octanol–water partition coefficient (Wildman–Crippen LogP) is 5.02. The average Bonchev–Trinajstić information content (AvgIpc) is 2.70. The van der Waals surface area contributed by atoms with Gasteiger partial charge in [-0.05, 0) is 22.9 Å². The summed E-state index contributed by atoms with van der Waals surface area (Å²) in [4.78, 5) is 23.0. The Morgan fingerprint density at radius 2 is 1.45 bits per heavy atom. The summed E-state index contributed by atoms with van der Waals surface area (Å²) in [6.07, 6.45) is -4.47. The molecular weight excluding hydrogens is 444 g/mol. The maximum Gasteiger partial charge on any atom is 0.381 e. The van der Waals surface area contributed by atoms with Gasteiger partial charge in [-0.3, -0.25) is 0 Å². The van der Waals surface area contributed by atoms with Gasteiger partial charge in [0.05, 0.1) is 0 Å². The van der Waals surface area contributed by atoms with Gasteiger partial charge in [0.25, 0.3) is 0 Å². The quantitative estimate of drug-likeness (QED) is 0.243.